The zero-order valence-electron chi connectivity index (χ0n) is 14.7. The highest BCUT2D eigenvalue weighted by Crippen LogP contribution is 2.28. The molecule has 2 aromatic carbocycles. The first-order valence-electron chi connectivity index (χ1n) is 7.87. The SMILES string of the molecule is COc1ccc(C(=CCn2cncn2)c2cccc(F)c2F)cc1.O=[N+]([O-])O. The second-order valence-corrected chi connectivity index (χ2v) is 5.30. The third kappa shape index (κ3) is 5.59. The van der Waals surface area contributed by atoms with E-state index in [1.165, 1.54) is 12.4 Å². The van der Waals surface area contributed by atoms with Gasteiger partial charge >= 0.3 is 0 Å². The molecule has 0 radical (unpaired) electrons. The predicted molar refractivity (Wildman–Crippen MR) is 95.2 cm³/mol. The second kappa shape index (κ2) is 9.76. The molecular formula is C18H16F2N4O4. The fourth-order valence-corrected chi connectivity index (χ4v) is 2.38. The van der Waals surface area contributed by atoms with Crippen molar-refractivity contribution in [2.45, 2.75) is 6.54 Å². The van der Waals surface area contributed by atoms with Crippen molar-refractivity contribution in [3.05, 3.63) is 94.1 Å². The van der Waals surface area contributed by atoms with Crippen LogP contribution in [0.5, 0.6) is 5.75 Å². The first-order valence-corrected chi connectivity index (χ1v) is 7.87. The minimum atomic E-state index is -1.50. The lowest BCUT2D eigenvalue weighted by Gasteiger charge is -2.11. The van der Waals surface area contributed by atoms with Crippen molar-refractivity contribution in [3.8, 4) is 5.75 Å². The first kappa shape index (κ1) is 20.5. The molecule has 0 saturated heterocycles. The molecule has 28 heavy (non-hydrogen) atoms. The molecule has 0 aliphatic carbocycles. The Bertz CT molecular complexity index is 941. The Morgan fingerprint density at radius 1 is 1.29 bits per heavy atom. The second-order valence-electron chi connectivity index (χ2n) is 5.30. The molecule has 0 aliphatic heterocycles. The summed E-state index contributed by atoms with van der Waals surface area (Å²) in [5.41, 5.74) is 1.52. The maximum atomic E-state index is 14.3. The standard InChI is InChI=1S/C18H15F2N3O.HNO3/c1-24-14-7-5-13(6-8-14)15(9-10-23-12-21-11-22-23)16-3-2-4-17(19)18(16)20;2-1(3)4/h2-9,11-12H,10H2,1H3;(H,2,3,4). The van der Waals surface area contributed by atoms with Crippen LogP contribution in [0.25, 0.3) is 5.57 Å². The number of hydrogen-bond acceptors (Lipinski definition) is 5. The Morgan fingerprint density at radius 2 is 1.96 bits per heavy atom. The molecule has 0 saturated carbocycles. The van der Waals surface area contributed by atoms with Crippen LogP contribution in [0.4, 0.5) is 8.78 Å². The number of allylic oxidation sites excluding steroid dienone is 1. The molecule has 0 spiro atoms. The van der Waals surface area contributed by atoms with Crippen molar-refractivity contribution in [2.24, 2.45) is 0 Å². The fourth-order valence-electron chi connectivity index (χ4n) is 2.38. The molecule has 0 aliphatic rings. The summed E-state index contributed by atoms with van der Waals surface area (Å²) >= 11 is 0. The van der Waals surface area contributed by atoms with E-state index in [9.17, 15) is 8.78 Å². The van der Waals surface area contributed by atoms with E-state index in [1.54, 1.807) is 54.5 Å². The number of methoxy groups -OCH3 is 1. The highest BCUT2D eigenvalue weighted by atomic mass is 19.2. The summed E-state index contributed by atoms with van der Waals surface area (Å²) in [5, 5.41) is 17.7. The van der Waals surface area contributed by atoms with Gasteiger partial charge < -0.3 is 9.94 Å². The topological polar surface area (TPSA) is 103 Å². The molecule has 3 aromatic rings. The van der Waals surface area contributed by atoms with E-state index in [4.69, 9.17) is 20.1 Å². The van der Waals surface area contributed by atoms with Gasteiger partial charge in [-0.15, -0.1) is 10.1 Å². The molecule has 146 valence electrons. The molecule has 0 bridgehead atoms. The van der Waals surface area contributed by atoms with E-state index >= 15 is 0 Å². The van der Waals surface area contributed by atoms with Crippen molar-refractivity contribution in [2.75, 3.05) is 7.11 Å². The zero-order valence-corrected chi connectivity index (χ0v) is 14.7. The van der Waals surface area contributed by atoms with Gasteiger partial charge in [0.2, 0.25) is 0 Å². The average molecular weight is 390 g/mol. The number of hydrogen-bond donors (Lipinski definition) is 1. The van der Waals surface area contributed by atoms with Crippen LogP contribution < -0.4 is 4.74 Å². The third-order valence-electron chi connectivity index (χ3n) is 3.59. The van der Waals surface area contributed by atoms with Gasteiger partial charge in [-0.3, -0.25) is 0 Å². The van der Waals surface area contributed by atoms with Crippen LogP contribution in [-0.4, -0.2) is 32.2 Å². The van der Waals surface area contributed by atoms with Crippen LogP contribution in [0.2, 0.25) is 0 Å². The van der Waals surface area contributed by atoms with Crippen LogP contribution in [0, 0.1) is 21.7 Å². The quantitative estimate of drug-likeness (QED) is 0.529. The van der Waals surface area contributed by atoms with Crippen molar-refractivity contribution >= 4 is 5.57 Å². The summed E-state index contributed by atoms with van der Waals surface area (Å²) < 4.78 is 34.6. The van der Waals surface area contributed by atoms with Crippen LogP contribution in [0.15, 0.2) is 61.2 Å². The van der Waals surface area contributed by atoms with E-state index in [2.05, 4.69) is 10.1 Å². The Hall–Kier alpha value is -3.82. The molecule has 3 rings (SSSR count). The van der Waals surface area contributed by atoms with Gasteiger partial charge in [-0.2, -0.15) is 5.10 Å². The van der Waals surface area contributed by atoms with Gasteiger partial charge in [0.15, 0.2) is 11.6 Å². The molecule has 8 nitrogen and oxygen atoms in total. The summed E-state index contributed by atoms with van der Waals surface area (Å²) in [7, 11) is 1.57. The number of halogens is 2. The van der Waals surface area contributed by atoms with E-state index in [0.717, 1.165) is 11.6 Å². The lowest BCUT2D eigenvalue weighted by atomic mass is 9.96. The van der Waals surface area contributed by atoms with Crippen LogP contribution >= 0.6 is 0 Å². The van der Waals surface area contributed by atoms with Gasteiger partial charge in [0.25, 0.3) is 5.09 Å². The number of rotatable bonds is 5. The summed E-state index contributed by atoms with van der Waals surface area (Å²) in [6, 6.07) is 11.3. The van der Waals surface area contributed by atoms with Gasteiger partial charge in [0.1, 0.15) is 18.4 Å². The lowest BCUT2D eigenvalue weighted by molar-refractivity contribution is -0.742. The molecule has 1 heterocycles. The molecule has 1 aromatic heterocycles. The fraction of sp³-hybridized carbons (Fsp3) is 0.111. The van der Waals surface area contributed by atoms with Crippen molar-refractivity contribution in [1.82, 2.24) is 14.8 Å². The number of benzene rings is 2. The number of ether oxygens (including phenoxy) is 1. The van der Waals surface area contributed by atoms with Crippen LogP contribution in [0.1, 0.15) is 11.1 Å². The number of nitrogens with zero attached hydrogens (tertiary/aromatic N) is 4. The third-order valence-corrected chi connectivity index (χ3v) is 3.59. The average Bonchev–Trinajstić information content (AvgIpc) is 3.19. The van der Waals surface area contributed by atoms with E-state index < -0.39 is 16.7 Å². The van der Waals surface area contributed by atoms with Gasteiger partial charge in [0.05, 0.1) is 13.7 Å². The maximum Gasteiger partial charge on any atom is 0.291 e. The molecule has 0 amide bonds. The van der Waals surface area contributed by atoms with Gasteiger partial charge in [-0.05, 0) is 29.3 Å². The summed E-state index contributed by atoms with van der Waals surface area (Å²) in [6.07, 6.45) is 4.77. The lowest BCUT2D eigenvalue weighted by Crippen LogP contribution is -2.00. The summed E-state index contributed by atoms with van der Waals surface area (Å²) in [6.45, 7) is 0.386. The van der Waals surface area contributed by atoms with E-state index in [1.807, 2.05) is 0 Å². The molecule has 10 heteroatoms. The summed E-state index contributed by atoms with van der Waals surface area (Å²) in [4.78, 5) is 12.2. The van der Waals surface area contributed by atoms with Gasteiger partial charge in [-0.25, -0.2) is 18.4 Å². The number of aromatic nitrogens is 3. The Labute approximate surface area is 158 Å². The van der Waals surface area contributed by atoms with E-state index in [0.29, 0.717) is 17.9 Å². The predicted octanol–water partition coefficient (Wildman–Crippen LogP) is 3.35. The Morgan fingerprint density at radius 3 is 2.54 bits per heavy atom. The van der Waals surface area contributed by atoms with Crippen LogP contribution in [-0.2, 0) is 6.54 Å². The minimum Gasteiger partial charge on any atom is -0.497 e. The molecule has 0 atom stereocenters. The minimum absolute atomic E-state index is 0.195. The monoisotopic (exact) mass is 390 g/mol. The normalized spacial score (nSPS) is 10.8. The molecule has 0 fully saturated rings. The van der Waals surface area contributed by atoms with Crippen molar-refractivity contribution in [1.29, 1.82) is 0 Å². The van der Waals surface area contributed by atoms with Crippen LogP contribution in [0.3, 0.4) is 0 Å². The van der Waals surface area contributed by atoms with E-state index in [-0.39, 0.29) is 5.56 Å². The first-order chi connectivity index (χ1) is 13.4. The summed E-state index contributed by atoms with van der Waals surface area (Å²) in [5.74, 6) is -1.07. The Balaban J connectivity index is 0.000000640. The molecule has 0 unspecified atom stereocenters. The van der Waals surface area contributed by atoms with Gasteiger partial charge in [0, 0.05) is 5.56 Å². The van der Waals surface area contributed by atoms with Crippen molar-refractivity contribution < 1.29 is 23.8 Å². The Kier molecular flexibility index (Phi) is 7.14. The van der Waals surface area contributed by atoms with Crippen molar-refractivity contribution in [3.63, 3.8) is 0 Å². The zero-order chi connectivity index (χ0) is 20.5. The van der Waals surface area contributed by atoms with Gasteiger partial charge in [-0.1, -0.05) is 30.3 Å². The molecule has 1 N–H and O–H groups in total. The molecular weight excluding hydrogens is 374 g/mol. The maximum absolute atomic E-state index is 14.3. The highest BCUT2D eigenvalue weighted by Gasteiger charge is 2.14. The largest absolute Gasteiger partial charge is 0.497 e. The highest BCUT2D eigenvalue weighted by molar-refractivity contribution is 5.80. The smallest absolute Gasteiger partial charge is 0.291 e.